The fraction of sp³-hybridized carbons (Fsp3) is 0.250. The Bertz CT molecular complexity index is 873. The minimum absolute atomic E-state index is 0.282. The van der Waals surface area contributed by atoms with Gasteiger partial charge >= 0.3 is 0 Å². The summed E-state index contributed by atoms with van der Waals surface area (Å²) in [4.78, 5) is 4.34. The van der Waals surface area contributed by atoms with Crippen molar-refractivity contribution in [1.82, 2.24) is 20.3 Å². The first-order chi connectivity index (χ1) is 12.6. The molecule has 136 valence electrons. The van der Waals surface area contributed by atoms with E-state index in [1.807, 2.05) is 0 Å². The lowest BCUT2D eigenvalue weighted by Crippen LogP contribution is -2.03. The molecule has 0 aliphatic heterocycles. The summed E-state index contributed by atoms with van der Waals surface area (Å²) < 4.78 is 21.0. The molecule has 0 aliphatic rings. The van der Waals surface area contributed by atoms with E-state index < -0.39 is 0 Å². The number of nitrogens with one attached hydrogen (secondary N) is 2. The second-order valence-corrected chi connectivity index (χ2v) is 5.15. The lowest BCUT2D eigenvalue weighted by Gasteiger charge is -2.14. The van der Waals surface area contributed by atoms with Crippen LogP contribution in [-0.2, 0) is 0 Å². The summed E-state index contributed by atoms with van der Waals surface area (Å²) in [5.41, 5.74) is 0.649. The van der Waals surface area contributed by atoms with Crippen LogP contribution < -0.4 is 24.8 Å². The van der Waals surface area contributed by atoms with Crippen LogP contribution in [0.15, 0.2) is 28.9 Å². The molecule has 0 unspecified atom stereocenters. The zero-order chi connectivity index (χ0) is 18.5. The Labute approximate surface area is 149 Å². The van der Waals surface area contributed by atoms with Crippen molar-refractivity contribution in [2.45, 2.75) is 6.92 Å². The SMILES string of the molecule is COc1cc(Nc2nncc(Nc3cc(C)on3)n2)cc(OC)c1OC. The van der Waals surface area contributed by atoms with Crippen LogP contribution in [0.2, 0.25) is 0 Å². The molecule has 0 spiro atoms. The number of aryl methyl sites for hydroxylation is 1. The summed E-state index contributed by atoms with van der Waals surface area (Å²) in [6, 6.07) is 5.23. The van der Waals surface area contributed by atoms with Crippen LogP contribution in [0, 0.1) is 6.92 Å². The van der Waals surface area contributed by atoms with Crippen molar-refractivity contribution >= 4 is 23.3 Å². The third-order valence-electron chi connectivity index (χ3n) is 3.36. The summed E-state index contributed by atoms with van der Waals surface area (Å²) in [7, 11) is 4.63. The van der Waals surface area contributed by atoms with Crippen LogP contribution in [0.3, 0.4) is 0 Å². The van der Waals surface area contributed by atoms with Crippen molar-refractivity contribution < 1.29 is 18.7 Å². The average Bonchev–Trinajstić information content (AvgIpc) is 3.05. The molecule has 3 rings (SSSR count). The third kappa shape index (κ3) is 3.74. The van der Waals surface area contributed by atoms with Crippen LogP contribution in [0.1, 0.15) is 5.76 Å². The van der Waals surface area contributed by atoms with Gasteiger partial charge in [0.15, 0.2) is 23.1 Å². The standard InChI is InChI=1S/C16H18N6O4/c1-9-5-13(22-26-9)19-14-8-17-21-16(20-14)18-10-6-11(23-2)15(25-4)12(7-10)24-3/h5-8H,1-4H3,(H2,18,19,20,21,22). The van der Waals surface area contributed by atoms with Crippen molar-refractivity contribution in [3.8, 4) is 17.2 Å². The molecule has 0 bridgehead atoms. The summed E-state index contributed by atoms with van der Waals surface area (Å²) in [5, 5.41) is 17.8. The van der Waals surface area contributed by atoms with Gasteiger partial charge in [0.2, 0.25) is 11.7 Å². The zero-order valence-corrected chi connectivity index (χ0v) is 14.7. The molecular weight excluding hydrogens is 340 g/mol. The highest BCUT2D eigenvalue weighted by Crippen LogP contribution is 2.40. The molecule has 2 N–H and O–H groups in total. The Morgan fingerprint density at radius 3 is 2.23 bits per heavy atom. The van der Waals surface area contributed by atoms with Gasteiger partial charge in [-0.2, -0.15) is 10.1 Å². The van der Waals surface area contributed by atoms with E-state index in [-0.39, 0.29) is 5.95 Å². The maximum atomic E-state index is 5.33. The molecule has 0 amide bonds. The summed E-state index contributed by atoms with van der Waals surface area (Å²) in [5.74, 6) is 3.47. The summed E-state index contributed by atoms with van der Waals surface area (Å²) in [6.45, 7) is 1.80. The molecule has 26 heavy (non-hydrogen) atoms. The van der Waals surface area contributed by atoms with E-state index in [2.05, 4.69) is 31.0 Å². The second kappa shape index (κ2) is 7.55. The highest BCUT2D eigenvalue weighted by Gasteiger charge is 2.14. The maximum absolute atomic E-state index is 5.33. The van der Waals surface area contributed by atoms with E-state index in [1.54, 1.807) is 46.5 Å². The van der Waals surface area contributed by atoms with E-state index in [0.717, 1.165) is 0 Å². The maximum Gasteiger partial charge on any atom is 0.249 e. The number of hydrogen-bond donors (Lipinski definition) is 2. The van der Waals surface area contributed by atoms with Crippen molar-refractivity contribution in [1.29, 1.82) is 0 Å². The smallest absolute Gasteiger partial charge is 0.249 e. The van der Waals surface area contributed by atoms with Gasteiger partial charge in [0.25, 0.3) is 0 Å². The van der Waals surface area contributed by atoms with Gasteiger partial charge in [-0.25, -0.2) is 0 Å². The van der Waals surface area contributed by atoms with Crippen molar-refractivity contribution in [2.24, 2.45) is 0 Å². The normalized spacial score (nSPS) is 10.3. The van der Waals surface area contributed by atoms with Gasteiger partial charge in [0, 0.05) is 23.9 Å². The second-order valence-electron chi connectivity index (χ2n) is 5.15. The first-order valence-corrected chi connectivity index (χ1v) is 7.60. The number of ether oxygens (including phenoxy) is 3. The molecule has 0 atom stereocenters. The number of rotatable bonds is 7. The largest absolute Gasteiger partial charge is 0.493 e. The summed E-state index contributed by atoms with van der Waals surface area (Å²) in [6.07, 6.45) is 1.48. The van der Waals surface area contributed by atoms with Gasteiger partial charge in [-0.3, -0.25) is 0 Å². The Balaban J connectivity index is 1.83. The number of benzene rings is 1. The van der Waals surface area contributed by atoms with Crippen LogP contribution in [0.25, 0.3) is 0 Å². The fourth-order valence-electron chi connectivity index (χ4n) is 2.26. The number of methoxy groups -OCH3 is 3. The molecule has 0 radical (unpaired) electrons. The zero-order valence-electron chi connectivity index (χ0n) is 14.7. The molecule has 0 saturated carbocycles. The predicted octanol–water partition coefficient (Wildman–Crippen LogP) is 2.68. The molecule has 10 nitrogen and oxygen atoms in total. The van der Waals surface area contributed by atoms with Crippen LogP contribution in [0.5, 0.6) is 17.2 Å². The topological polar surface area (TPSA) is 116 Å². The predicted molar refractivity (Wildman–Crippen MR) is 93.7 cm³/mol. The van der Waals surface area contributed by atoms with Crippen molar-refractivity contribution in [3.63, 3.8) is 0 Å². The molecule has 2 heterocycles. The highest BCUT2D eigenvalue weighted by molar-refractivity contribution is 5.66. The van der Waals surface area contributed by atoms with Crippen LogP contribution in [0.4, 0.5) is 23.3 Å². The van der Waals surface area contributed by atoms with E-state index >= 15 is 0 Å². The first-order valence-electron chi connectivity index (χ1n) is 7.60. The number of nitrogens with zero attached hydrogens (tertiary/aromatic N) is 4. The monoisotopic (exact) mass is 358 g/mol. The average molecular weight is 358 g/mol. The number of anilines is 4. The van der Waals surface area contributed by atoms with Crippen molar-refractivity contribution in [2.75, 3.05) is 32.0 Å². The number of aromatic nitrogens is 4. The quantitative estimate of drug-likeness (QED) is 0.653. The highest BCUT2D eigenvalue weighted by atomic mass is 16.5. The minimum atomic E-state index is 0.282. The minimum Gasteiger partial charge on any atom is -0.493 e. The fourth-order valence-corrected chi connectivity index (χ4v) is 2.26. The van der Waals surface area contributed by atoms with Crippen LogP contribution in [-0.4, -0.2) is 41.7 Å². The Hall–Kier alpha value is -3.56. The van der Waals surface area contributed by atoms with E-state index in [4.69, 9.17) is 18.7 Å². The molecule has 0 fully saturated rings. The lowest BCUT2D eigenvalue weighted by molar-refractivity contribution is 0.324. The molecule has 1 aromatic carbocycles. The Kier molecular flexibility index (Phi) is 5.02. The first kappa shape index (κ1) is 17.3. The van der Waals surface area contributed by atoms with Gasteiger partial charge in [-0.05, 0) is 6.92 Å². The molecule has 2 aromatic heterocycles. The molecule has 0 saturated heterocycles. The van der Waals surface area contributed by atoms with Gasteiger partial charge in [-0.1, -0.05) is 5.16 Å². The van der Waals surface area contributed by atoms with E-state index in [9.17, 15) is 0 Å². The molecule has 10 heteroatoms. The van der Waals surface area contributed by atoms with E-state index in [1.165, 1.54) is 6.20 Å². The number of hydrogen-bond acceptors (Lipinski definition) is 10. The van der Waals surface area contributed by atoms with Gasteiger partial charge in [0.1, 0.15) is 5.76 Å². The van der Waals surface area contributed by atoms with Gasteiger partial charge in [0.05, 0.1) is 27.5 Å². The Morgan fingerprint density at radius 1 is 0.923 bits per heavy atom. The molecule has 0 aliphatic carbocycles. The van der Waals surface area contributed by atoms with Gasteiger partial charge in [-0.15, -0.1) is 5.10 Å². The lowest BCUT2D eigenvalue weighted by atomic mass is 10.2. The van der Waals surface area contributed by atoms with Crippen molar-refractivity contribution in [3.05, 3.63) is 30.2 Å². The Morgan fingerprint density at radius 2 is 1.65 bits per heavy atom. The van der Waals surface area contributed by atoms with Crippen LogP contribution >= 0.6 is 0 Å². The van der Waals surface area contributed by atoms with E-state index in [0.29, 0.717) is 40.3 Å². The third-order valence-corrected chi connectivity index (χ3v) is 3.36. The molecular formula is C16H18N6O4. The van der Waals surface area contributed by atoms with Gasteiger partial charge < -0.3 is 29.4 Å². The molecule has 3 aromatic rings. The summed E-state index contributed by atoms with van der Waals surface area (Å²) >= 11 is 0.